The second-order valence-corrected chi connectivity index (χ2v) is 3.39. The van der Waals surface area contributed by atoms with Gasteiger partial charge in [0, 0.05) is 6.21 Å². The average molecular weight is 262 g/mol. The highest BCUT2D eigenvalue weighted by Gasteiger charge is 2.30. The molecule has 1 N–H and O–H groups in total. The standard InChI is InChI=1S/C10H7ClF3N3/c11-8-6-7(10(12,13)14)2-3-9(8)17-16-5-1-4-15/h2-3,5-6,17H,1H2/b16-5-. The molecular weight excluding hydrogens is 255 g/mol. The molecule has 0 saturated heterocycles. The van der Waals surface area contributed by atoms with Crippen LogP contribution in [0.1, 0.15) is 12.0 Å². The molecule has 3 nitrogen and oxygen atoms in total. The Bertz CT molecular complexity index is 463. The van der Waals surface area contributed by atoms with Gasteiger partial charge in [-0.2, -0.15) is 23.5 Å². The zero-order valence-electron chi connectivity index (χ0n) is 8.42. The Morgan fingerprint density at radius 1 is 1.47 bits per heavy atom. The quantitative estimate of drug-likeness (QED) is 0.667. The van der Waals surface area contributed by atoms with E-state index in [0.717, 1.165) is 12.1 Å². The predicted octanol–water partition coefficient (Wildman–Crippen LogP) is 3.67. The van der Waals surface area contributed by atoms with Crippen LogP contribution in [-0.4, -0.2) is 6.21 Å². The third-order valence-electron chi connectivity index (χ3n) is 1.76. The van der Waals surface area contributed by atoms with E-state index in [0.29, 0.717) is 0 Å². The first kappa shape index (κ1) is 13.3. The van der Waals surface area contributed by atoms with E-state index in [9.17, 15) is 13.2 Å². The summed E-state index contributed by atoms with van der Waals surface area (Å²) < 4.78 is 36.9. The highest BCUT2D eigenvalue weighted by molar-refractivity contribution is 6.33. The fraction of sp³-hybridized carbons (Fsp3) is 0.200. The third-order valence-corrected chi connectivity index (χ3v) is 2.07. The number of hydrogen-bond acceptors (Lipinski definition) is 3. The molecule has 1 aromatic carbocycles. The maximum absolute atomic E-state index is 12.3. The van der Waals surface area contributed by atoms with Crippen molar-refractivity contribution < 1.29 is 13.2 Å². The molecule has 0 aromatic heterocycles. The molecule has 0 atom stereocenters. The summed E-state index contributed by atoms with van der Waals surface area (Å²) in [4.78, 5) is 0. The number of alkyl halides is 3. The molecule has 1 aromatic rings. The average Bonchev–Trinajstić information content (AvgIpc) is 2.24. The van der Waals surface area contributed by atoms with Crippen molar-refractivity contribution in [3.8, 4) is 6.07 Å². The van der Waals surface area contributed by atoms with Crippen LogP contribution < -0.4 is 5.43 Å². The van der Waals surface area contributed by atoms with Gasteiger partial charge in [0.25, 0.3) is 0 Å². The monoisotopic (exact) mass is 261 g/mol. The summed E-state index contributed by atoms with van der Waals surface area (Å²) >= 11 is 5.65. The van der Waals surface area contributed by atoms with Crippen LogP contribution in [0.5, 0.6) is 0 Å². The topological polar surface area (TPSA) is 48.2 Å². The predicted molar refractivity (Wildman–Crippen MR) is 58.8 cm³/mol. The lowest BCUT2D eigenvalue weighted by Crippen LogP contribution is -2.05. The molecule has 0 saturated carbocycles. The number of nitriles is 1. The molecule has 1 rings (SSSR count). The number of anilines is 1. The van der Waals surface area contributed by atoms with Crippen LogP contribution in [0, 0.1) is 11.3 Å². The summed E-state index contributed by atoms with van der Waals surface area (Å²) in [5, 5.41) is 11.8. The largest absolute Gasteiger partial charge is 0.416 e. The molecule has 0 fully saturated rings. The normalized spacial score (nSPS) is 11.5. The Morgan fingerprint density at radius 3 is 2.71 bits per heavy atom. The van der Waals surface area contributed by atoms with Crippen LogP contribution in [0.4, 0.5) is 18.9 Å². The Morgan fingerprint density at radius 2 is 2.18 bits per heavy atom. The van der Waals surface area contributed by atoms with E-state index in [-0.39, 0.29) is 17.1 Å². The molecule has 0 radical (unpaired) electrons. The number of hydrogen-bond donors (Lipinski definition) is 1. The third kappa shape index (κ3) is 3.96. The van der Waals surface area contributed by atoms with Gasteiger partial charge in [-0.05, 0) is 18.2 Å². The van der Waals surface area contributed by atoms with Gasteiger partial charge >= 0.3 is 6.18 Å². The summed E-state index contributed by atoms with van der Waals surface area (Å²) in [6, 6.07) is 4.71. The van der Waals surface area contributed by atoms with Gasteiger partial charge in [-0.3, -0.25) is 5.43 Å². The summed E-state index contributed by atoms with van der Waals surface area (Å²) in [7, 11) is 0. The molecule has 0 amide bonds. The lowest BCUT2D eigenvalue weighted by Gasteiger charge is -2.09. The van der Waals surface area contributed by atoms with Gasteiger partial charge in [0.05, 0.1) is 28.8 Å². The Kier molecular flexibility index (Phi) is 4.35. The minimum Gasteiger partial charge on any atom is -0.277 e. The van der Waals surface area contributed by atoms with Crippen LogP contribution in [0.25, 0.3) is 0 Å². The zero-order valence-corrected chi connectivity index (χ0v) is 9.18. The van der Waals surface area contributed by atoms with Gasteiger partial charge in [-0.25, -0.2) is 0 Å². The smallest absolute Gasteiger partial charge is 0.277 e. The fourth-order valence-corrected chi connectivity index (χ4v) is 1.21. The molecule has 0 unspecified atom stereocenters. The highest BCUT2D eigenvalue weighted by Crippen LogP contribution is 2.33. The van der Waals surface area contributed by atoms with E-state index in [1.807, 2.05) is 6.07 Å². The number of hydrazone groups is 1. The minimum absolute atomic E-state index is 0.0890. The van der Waals surface area contributed by atoms with Gasteiger partial charge in [-0.15, -0.1) is 0 Å². The Hall–Kier alpha value is -1.74. The molecule has 0 heterocycles. The SMILES string of the molecule is N#CC/C=N\Nc1ccc(C(F)(F)F)cc1Cl. The Labute approximate surface area is 100 Å². The molecule has 90 valence electrons. The van der Waals surface area contributed by atoms with Gasteiger partial charge < -0.3 is 0 Å². The number of rotatable bonds is 3. The van der Waals surface area contributed by atoms with Crippen LogP contribution >= 0.6 is 11.6 Å². The Balaban J connectivity index is 2.81. The summed E-state index contributed by atoms with van der Waals surface area (Å²) in [6.07, 6.45) is -3.04. The molecule has 0 aliphatic heterocycles. The van der Waals surface area contributed by atoms with Gasteiger partial charge in [-0.1, -0.05) is 11.6 Å². The van der Waals surface area contributed by atoms with Crippen molar-refractivity contribution in [1.82, 2.24) is 0 Å². The molecule has 7 heteroatoms. The van der Waals surface area contributed by atoms with Crippen LogP contribution in [0.3, 0.4) is 0 Å². The molecular formula is C10H7ClF3N3. The van der Waals surface area contributed by atoms with E-state index in [1.54, 1.807) is 0 Å². The van der Waals surface area contributed by atoms with E-state index in [1.165, 1.54) is 12.3 Å². The second kappa shape index (κ2) is 5.55. The maximum atomic E-state index is 12.3. The summed E-state index contributed by atoms with van der Waals surface area (Å²) in [5.41, 5.74) is 1.86. The number of halogens is 4. The molecule has 17 heavy (non-hydrogen) atoms. The van der Waals surface area contributed by atoms with E-state index < -0.39 is 11.7 Å². The molecule has 0 spiro atoms. The van der Waals surface area contributed by atoms with Crippen LogP contribution in [0.15, 0.2) is 23.3 Å². The van der Waals surface area contributed by atoms with Crippen molar-refractivity contribution in [3.05, 3.63) is 28.8 Å². The van der Waals surface area contributed by atoms with E-state index >= 15 is 0 Å². The first-order valence-corrected chi connectivity index (χ1v) is 4.84. The van der Waals surface area contributed by atoms with Crippen molar-refractivity contribution in [1.29, 1.82) is 5.26 Å². The highest BCUT2D eigenvalue weighted by atomic mass is 35.5. The number of nitrogens with zero attached hydrogens (tertiary/aromatic N) is 2. The van der Waals surface area contributed by atoms with Crippen molar-refractivity contribution in [2.24, 2.45) is 5.10 Å². The lowest BCUT2D eigenvalue weighted by atomic mass is 10.2. The maximum Gasteiger partial charge on any atom is 0.416 e. The second-order valence-electron chi connectivity index (χ2n) is 2.98. The molecule has 0 bridgehead atoms. The van der Waals surface area contributed by atoms with Gasteiger partial charge in [0.1, 0.15) is 0 Å². The fourth-order valence-electron chi connectivity index (χ4n) is 0.984. The van der Waals surface area contributed by atoms with Crippen LogP contribution in [-0.2, 0) is 6.18 Å². The lowest BCUT2D eigenvalue weighted by molar-refractivity contribution is -0.137. The molecule has 0 aliphatic rings. The first-order valence-electron chi connectivity index (χ1n) is 4.46. The van der Waals surface area contributed by atoms with Gasteiger partial charge in [0.15, 0.2) is 0 Å². The first-order chi connectivity index (χ1) is 7.95. The van der Waals surface area contributed by atoms with Crippen molar-refractivity contribution in [2.75, 3.05) is 5.43 Å². The van der Waals surface area contributed by atoms with Crippen molar-refractivity contribution >= 4 is 23.5 Å². The zero-order chi connectivity index (χ0) is 12.9. The van der Waals surface area contributed by atoms with Crippen molar-refractivity contribution in [2.45, 2.75) is 12.6 Å². The number of benzene rings is 1. The number of nitrogens with one attached hydrogen (secondary N) is 1. The van der Waals surface area contributed by atoms with Crippen molar-refractivity contribution in [3.63, 3.8) is 0 Å². The van der Waals surface area contributed by atoms with Gasteiger partial charge in [0.2, 0.25) is 0 Å². The van der Waals surface area contributed by atoms with E-state index in [4.69, 9.17) is 16.9 Å². The minimum atomic E-state index is -4.42. The summed E-state index contributed by atoms with van der Waals surface area (Å²) in [6.45, 7) is 0. The van der Waals surface area contributed by atoms with E-state index in [2.05, 4.69) is 10.5 Å². The van der Waals surface area contributed by atoms with Crippen LogP contribution in [0.2, 0.25) is 5.02 Å². The molecule has 0 aliphatic carbocycles. The summed E-state index contributed by atoms with van der Waals surface area (Å²) in [5.74, 6) is 0.